The van der Waals surface area contributed by atoms with Crippen LogP contribution in [0, 0.1) is 26.7 Å². The predicted octanol–water partition coefficient (Wildman–Crippen LogP) is 12.7. The fourth-order valence-electron chi connectivity index (χ4n) is 8.03. The molecule has 316 valence electrons. The van der Waals surface area contributed by atoms with Crippen molar-refractivity contribution in [2.75, 3.05) is 13.2 Å². The second-order valence-corrected chi connectivity index (χ2v) is 16.3. The number of rotatable bonds is 16. The summed E-state index contributed by atoms with van der Waals surface area (Å²) in [5, 5.41) is 7.48. The van der Waals surface area contributed by atoms with Crippen molar-refractivity contribution in [1.29, 1.82) is 0 Å². The fourth-order valence-corrected chi connectivity index (χ4v) is 8.03. The van der Waals surface area contributed by atoms with Crippen molar-refractivity contribution in [3.05, 3.63) is 118 Å². The number of hydrogen-bond acceptors (Lipinski definition) is 6. The van der Waals surface area contributed by atoms with E-state index in [-0.39, 0.29) is 35.2 Å². The number of aryl methyl sites for hydroxylation is 3. The van der Waals surface area contributed by atoms with Gasteiger partial charge in [-0.25, -0.2) is 9.18 Å². The number of benzene rings is 5. The van der Waals surface area contributed by atoms with Gasteiger partial charge in [-0.05, 0) is 93.8 Å². The highest BCUT2D eigenvalue weighted by Crippen LogP contribution is 2.40. The van der Waals surface area contributed by atoms with E-state index in [0.717, 1.165) is 75.0 Å². The smallest absolute Gasteiger partial charge is 0.422 e. The lowest BCUT2D eigenvalue weighted by molar-refractivity contribution is -0.153. The molecule has 0 N–H and O–H groups in total. The highest BCUT2D eigenvalue weighted by Gasteiger charge is 2.30. The first-order valence-corrected chi connectivity index (χ1v) is 20.4. The molecule has 7 nitrogen and oxygen atoms in total. The van der Waals surface area contributed by atoms with Gasteiger partial charge in [0, 0.05) is 63.5 Å². The first kappa shape index (κ1) is 43.9. The third-order valence-corrected chi connectivity index (χ3v) is 10.7. The minimum Gasteiger partial charge on any atom is -0.490 e. The van der Waals surface area contributed by atoms with Crippen LogP contribution in [-0.4, -0.2) is 47.1 Å². The number of carbonyl (C=O) groups is 2. The first-order chi connectivity index (χ1) is 28.4. The average molecular weight is 825 g/mol. The lowest BCUT2D eigenvalue weighted by Crippen LogP contribution is -2.23. The van der Waals surface area contributed by atoms with Crippen LogP contribution in [0.25, 0.3) is 32.6 Å². The maximum atomic E-state index is 14.8. The summed E-state index contributed by atoms with van der Waals surface area (Å²) in [4.78, 5) is 32.1. The van der Waals surface area contributed by atoms with E-state index in [1.807, 2.05) is 75.4 Å². The molecule has 1 heterocycles. The number of alkyl halides is 4. The van der Waals surface area contributed by atoms with E-state index in [2.05, 4.69) is 23.6 Å². The van der Waals surface area contributed by atoms with Gasteiger partial charge in [0.2, 0.25) is 0 Å². The van der Waals surface area contributed by atoms with Crippen molar-refractivity contribution in [3.8, 4) is 11.5 Å². The zero-order chi connectivity index (χ0) is 43.5. The molecule has 11 heteroatoms. The molecular formula is C49H52F4N2O5. The van der Waals surface area contributed by atoms with Gasteiger partial charge in [-0.2, -0.15) is 13.2 Å². The molecule has 0 spiro atoms. The van der Waals surface area contributed by atoms with E-state index in [9.17, 15) is 27.2 Å². The zero-order valence-electron chi connectivity index (χ0n) is 35.5. The van der Waals surface area contributed by atoms with E-state index in [1.165, 1.54) is 39.0 Å². The Morgan fingerprint density at radius 2 is 1.48 bits per heavy atom. The lowest BCUT2D eigenvalue weighted by atomic mass is 9.89. The molecule has 0 saturated carbocycles. The highest BCUT2D eigenvalue weighted by atomic mass is 19.4. The van der Waals surface area contributed by atoms with E-state index < -0.39 is 24.4 Å². The van der Waals surface area contributed by atoms with Gasteiger partial charge < -0.3 is 18.9 Å². The fraction of sp³-hybridized carbons (Fsp3) is 0.367. The minimum absolute atomic E-state index is 0.0138. The number of oxime groups is 1. The van der Waals surface area contributed by atoms with Crippen LogP contribution in [0.15, 0.2) is 84.0 Å². The molecule has 0 bridgehead atoms. The van der Waals surface area contributed by atoms with Gasteiger partial charge in [0.1, 0.15) is 29.5 Å². The van der Waals surface area contributed by atoms with Gasteiger partial charge in [-0.1, -0.05) is 86.3 Å². The number of unbranched alkanes of at least 4 members (excludes halogenated alkanes) is 1. The molecule has 1 aromatic heterocycles. The van der Waals surface area contributed by atoms with Crippen LogP contribution in [0.2, 0.25) is 0 Å². The number of ether oxygens (including phenoxy) is 2. The third-order valence-electron chi connectivity index (χ3n) is 10.7. The van der Waals surface area contributed by atoms with Crippen molar-refractivity contribution in [2.45, 2.75) is 99.5 Å². The summed E-state index contributed by atoms with van der Waals surface area (Å²) in [6.45, 7) is 12.8. The van der Waals surface area contributed by atoms with Gasteiger partial charge in [-0.3, -0.25) is 4.79 Å². The Bertz CT molecular complexity index is 2580. The number of nitrogens with zero attached hydrogens (tertiary/aromatic N) is 2. The molecule has 0 saturated heterocycles. The molecule has 1 atom stereocenters. The number of hydrogen-bond donors (Lipinski definition) is 0. The van der Waals surface area contributed by atoms with Gasteiger partial charge in [0.25, 0.3) is 0 Å². The summed E-state index contributed by atoms with van der Waals surface area (Å²) in [6, 6.07) is 23.6. The van der Waals surface area contributed by atoms with Gasteiger partial charge in [0.15, 0.2) is 12.4 Å². The van der Waals surface area contributed by atoms with Crippen molar-refractivity contribution < 1.29 is 41.5 Å². The van der Waals surface area contributed by atoms with Crippen LogP contribution in [0.3, 0.4) is 0 Å². The highest BCUT2D eigenvalue weighted by molar-refractivity contribution is 6.27. The topological polar surface area (TPSA) is 79.1 Å². The van der Waals surface area contributed by atoms with Crippen LogP contribution in [0.1, 0.15) is 104 Å². The maximum absolute atomic E-state index is 14.8. The monoisotopic (exact) mass is 824 g/mol. The molecule has 0 radical (unpaired) electrons. The molecule has 0 aliphatic heterocycles. The number of ketones is 1. The predicted molar refractivity (Wildman–Crippen MR) is 230 cm³/mol. The quantitative estimate of drug-likeness (QED) is 0.0319. The van der Waals surface area contributed by atoms with E-state index in [1.54, 1.807) is 6.07 Å². The average Bonchev–Trinajstić information content (AvgIpc) is 3.49. The Morgan fingerprint density at radius 3 is 2.12 bits per heavy atom. The van der Waals surface area contributed by atoms with Gasteiger partial charge in [-0.15, -0.1) is 0 Å². The summed E-state index contributed by atoms with van der Waals surface area (Å²) in [6.07, 6.45) is -0.542. The number of carbonyl (C=O) groups excluding carboxylic acids is 2. The summed E-state index contributed by atoms with van der Waals surface area (Å²) in [7, 11) is 0. The Morgan fingerprint density at radius 1 is 0.783 bits per heavy atom. The lowest BCUT2D eigenvalue weighted by Gasteiger charge is -2.19. The number of fused-ring (bicyclic) bond motifs is 5. The van der Waals surface area contributed by atoms with Crippen LogP contribution in [0.4, 0.5) is 17.6 Å². The standard InChI is InChI=1S/C49H52F4N2O5/c1-9-11-14-33(10-2)26-55-42-20-17-34(45(54-60-32(6)56)38-19-18-35(58-27-48(7,8)50)24-43(38)59-28-49(51,52)53)23-39(42)40-25-41(36-15-12-13-16-37(36)46(40)55)47(57)44-30(4)21-29(3)22-31(44)5/h12-13,15-25,33H,9-11,14,26-28H2,1-8H3/b54-45+. The van der Waals surface area contributed by atoms with E-state index >= 15 is 0 Å². The number of halogens is 4. The van der Waals surface area contributed by atoms with Crippen LogP contribution < -0.4 is 9.47 Å². The van der Waals surface area contributed by atoms with Gasteiger partial charge in [0.05, 0.1) is 5.52 Å². The Balaban J connectivity index is 1.64. The summed E-state index contributed by atoms with van der Waals surface area (Å²) in [5.74, 6) is -0.679. The zero-order valence-corrected chi connectivity index (χ0v) is 35.5. The Kier molecular flexibility index (Phi) is 13.1. The molecule has 0 aliphatic rings. The molecule has 0 fully saturated rings. The van der Waals surface area contributed by atoms with Crippen LogP contribution in [-0.2, 0) is 16.2 Å². The molecular weight excluding hydrogens is 773 g/mol. The van der Waals surface area contributed by atoms with E-state index in [0.29, 0.717) is 29.2 Å². The second-order valence-electron chi connectivity index (χ2n) is 16.3. The van der Waals surface area contributed by atoms with Crippen molar-refractivity contribution in [1.82, 2.24) is 4.57 Å². The molecule has 1 unspecified atom stereocenters. The molecule has 60 heavy (non-hydrogen) atoms. The maximum Gasteiger partial charge on any atom is 0.422 e. The summed E-state index contributed by atoms with van der Waals surface area (Å²) >= 11 is 0. The molecule has 5 aromatic carbocycles. The van der Waals surface area contributed by atoms with E-state index in [4.69, 9.17) is 14.3 Å². The normalized spacial score (nSPS) is 13.0. The summed E-state index contributed by atoms with van der Waals surface area (Å²) in [5.41, 5.74) is 4.63. The largest absolute Gasteiger partial charge is 0.490 e. The van der Waals surface area contributed by atoms with Crippen molar-refractivity contribution in [3.63, 3.8) is 0 Å². The Labute approximate surface area is 348 Å². The SMILES string of the molecule is CCCCC(CC)Cn1c2ccc(/C(=N\OC(C)=O)c3ccc(OCC(C)(C)F)cc3OCC(F)(F)F)cc2c2cc(C(=O)c3c(C)cc(C)cc3C)c3ccccc3c21. The van der Waals surface area contributed by atoms with Crippen molar-refractivity contribution >= 4 is 50.0 Å². The molecule has 6 aromatic rings. The second kappa shape index (κ2) is 17.9. The third kappa shape index (κ3) is 9.83. The van der Waals surface area contributed by atoms with Crippen LogP contribution >= 0.6 is 0 Å². The minimum atomic E-state index is -4.69. The number of aromatic nitrogens is 1. The molecule has 0 aliphatic carbocycles. The van der Waals surface area contributed by atoms with Gasteiger partial charge >= 0.3 is 12.1 Å². The molecule has 0 amide bonds. The van der Waals surface area contributed by atoms with Crippen LogP contribution in [0.5, 0.6) is 11.5 Å². The summed E-state index contributed by atoms with van der Waals surface area (Å²) < 4.78 is 68.4. The Hall–Kier alpha value is -5.71. The first-order valence-electron chi connectivity index (χ1n) is 20.4. The molecule has 6 rings (SSSR count). The van der Waals surface area contributed by atoms with Crippen molar-refractivity contribution in [2.24, 2.45) is 11.1 Å².